The lowest BCUT2D eigenvalue weighted by Crippen LogP contribution is -2.42. The molecule has 1 unspecified atom stereocenters. The number of carbonyl (C=O) groups is 1. The minimum absolute atomic E-state index is 0.000196. The van der Waals surface area contributed by atoms with Crippen LogP contribution in [0, 0.1) is 5.92 Å². The number of piperidine rings is 1. The van der Waals surface area contributed by atoms with Crippen LogP contribution in [0.25, 0.3) is 0 Å². The minimum Gasteiger partial charge on any atom is -0.467 e. The van der Waals surface area contributed by atoms with Crippen LogP contribution < -0.4 is 5.32 Å². The third-order valence-electron chi connectivity index (χ3n) is 4.30. The van der Waals surface area contributed by atoms with Crippen LogP contribution in [0.15, 0.2) is 41.0 Å². The molecule has 1 aromatic carbocycles. The lowest BCUT2D eigenvalue weighted by Gasteiger charge is -2.32. The third kappa shape index (κ3) is 4.53. The molecule has 2 aromatic rings. The van der Waals surface area contributed by atoms with E-state index in [9.17, 15) is 4.79 Å². The number of halogens is 2. The van der Waals surface area contributed by atoms with Crippen LogP contribution in [0.4, 0.5) is 0 Å². The molecule has 1 saturated heterocycles. The summed E-state index contributed by atoms with van der Waals surface area (Å²) < 4.78 is 5.24. The highest BCUT2D eigenvalue weighted by Crippen LogP contribution is 2.25. The Morgan fingerprint density at radius 1 is 1.33 bits per heavy atom. The summed E-state index contributed by atoms with van der Waals surface area (Å²) in [4.78, 5) is 14.7. The monoisotopic (exact) mass is 366 g/mol. The van der Waals surface area contributed by atoms with E-state index in [-0.39, 0.29) is 11.8 Å². The van der Waals surface area contributed by atoms with Crippen molar-refractivity contribution in [2.24, 2.45) is 5.92 Å². The number of carbonyl (C=O) groups excluding carboxylic acids is 1. The highest BCUT2D eigenvalue weighted by Gasteiger charge is 2.26. The Morgan fingerprint density at radius 3 is 2.96 bits per heavy atom. The Kier molecular flexibility index (Phi) is 5.82. The van der Waals surface area contributed by atoms with Crippen LogP contribution in [0.2, 0.25) is 10.0 Å². The summed E-state index contributed by atoms with van der Waals surface area (Å²) in [5.41, 5.74) is 1.04. The van der Waals surface area contributed by atoms with Crippen LogP contribution in [0.5, 0.6) is 0 Å². The van der Waals surface area contributed by atoms with E-state index in [1.165, 1.54) is 0 Å². The summed E-state index contributed by atoms with van der Waals surface area (Å²) in [7, 11) is 0. The van der Waals surface area contributed by atoms with Crippen molar-refractivity contribution in [3.63, 3.8) is 0 Å². The summed E-state index contributed by atoms with van der Waals surface area (Å²) >= 11 is 12.2. The van der Waals surface area contributed by atoms with Crippen LogP contribution in [0.1, 0.15) is 24.2 Å². The van der Waals surface area contributed by atoms with Crippen LogP contribution in [0.3, 0.4) is 0 Å². The van der Waals surface area contributed by atoms with E-state index >= 15 is 0 Å². The Morgan fingerprint density at radius 2 is 2.21 bits per heavy atom. The molecule has 1 aromatic heterocycles. The zero-order valence-electron chi connectivity index (χ0n) is 13.3. The van der Waals surface area contributed by atoms with Gasteiger partial charge in [-0.15, -0.1) is 0 Å². The Hall–Kier alpha value is -1.49. The van der Waals surface area contributed by atoms with Crippen LogP contribution in [-0.4, -0.2) is 23.9 Å². The van der Waals surface area contributed by atoms with E-state index in [2.05, 4.69) is 10.2 Å². The zero-order valence-corrected chi connectivity index (χ0v) is 14.8. The van der Waals surface area contributed by atoms with Gasteiger partial charge in [-0.2, -0.15) is 0 Å². The molecule has 1 N–H and O–H groups in total. The highest BCUT2D eigenvalue weighted by molar-refractivity contribution is 6.35. The number of likely N-dealkylation sites (tertiary alicyclic amines) is 1. The van der Waals surface area contributed by atoms with Gasteiger partial charge < -0.3 is 9.73 Å². The topological polar surface area (TPSA) is 45.5 Å². The number of amides is 1. The number of hydrogen-bond donors (Lipinski definition) is 1. The molecule has 0 spiro atoms. The second kappa shape index (κ2) is 8.06. The molecule has 1 fully saturated rings. The molecule has 3 rings (SSSR count). The fourth-order valence-electron chi connectivity index (χ4n) is 3.04. The van der Waals surface area contributed by atoms with Gasteiger partial charge in [-0.05, 0) is 49.2 Å². The first-order chi connectivity index (χ1) is 11.6. The van der Waals surface area contributed by atoms with E-state index in [0.29, 0.717) is 16.6 Å². The number of nitrogens with zero attached hydrogens (tertiary/aromatic N) is 1. The average Bonchev–Trinajstić information content (AvgIpc) is 3.09. The van der Waals surface area contributed by atoms with Crippen molar-refractivity contribution >= 4 is 29.1 Å². The molecular weight excluding hydrogens is 347 g/mol. The van der Waals surface area contributed by atoms with Gasteiger partial charge in [-0.3, -0.25) is 9.69 Å². The first kappa shape index (κ1) is 17.3. The van der Waals surface area contributed by atoms with Crippen LogP contribution in [-0.2, 0) is 17.9 Å². The normalized spacial score (nSPS) is 18.5. The molecule has 4 nitrogen and oxygen atoms in total. The summed E-state index contributed by atoms with van der Waals surface area (Å²) in [5.74, 6) is 0.849. The van der Waals surface area contributed by atoms with Crippen molar-refractivity contribution < 1.29 is 9.21 Å². The summed E-state index contributed by atoms with van der Waals surface area (Å²) in [6.45, 7) is 2.88. The van der Waals surface area contributed by atoms with Crippen molar-refractivity contribution in [2.75, 3.05) is 13.1 Å². The molecule has 1 atom stereocenters. The molecule has 128 valence electrons. The fraction of sp³-hybridized carbons (Fsp3) is 0.389. The van der Waals surface area contributed by atoms with Crippen molar-refractivity contribution in [1.82, 2.24) is 10.2 Å². The van der Waals surface area contributed by atoms with Crippen molar-refractivity contribution in [3.8, 4) is 0 Å². The maximum Gasteiger partial charge on any atom is 0.224 e. The molecule has 2 heterocycles. The molecule has 1 aliphatic rings. The van der Waals surface area contributed by atoms with Gasteiger partial charge in [0.25, 0.3) is 0 Å². The predicted molar refractivity (Wildman–Crippen MR) is 95.0 cm³/mol. The fourth-order valence-corrected chi connectivity index (χ4v) is 3.50. The molecule has 0 bridgehead atoms. The second-order valence-electron chi connectivity index (χ2n) is 6.11. The van der Waals surface area contributed by atoms with E-state index in [1.54, 1.807) is 12.3 Å². The van der Waals surface area contributed by atoms with Gasteiger partial charge >= 0.3 is 0 Å². The van der Waals surface area contributed by atoms with Gasteiger partial charge in [0.05, 0.1) is 18.7 Å². The van der Waals surface area contributed by atoms with E-state index in [4.69, 9.17) is 27.6 Å². The lowest BCUT2D eigenvalue weighted by atomic mass is 9.96. The highest BCUT2D eigenvalue weighted by atomic mass is 35.5. The summed E-state index contributed by atoms with van der Waals surface area (Å²) in [6, 6.07) is 9.23. The van der Waals surface area contributed by atoms with Gasteiger partial charge in [-0.25, -0.2) is 0 Å². The molecular formula is C18H20Cl2N2O2. The summed E-state index contributed by atoms with van der Waals surface area (Å²) in [5, 5.41) is 4.26. The summed E-state index contributed by atoms with van der Waals surface area (Å²) in [6.07, 6.45) is 3.53. The predicted octanol–water partition coefficient (Wildman–Crippen LogP) is 4.11. The van der Waals surface area contributed by atoms with Crippen molar-refractivity contribution in [3.05, 3.63) is 58.0 Å². The molecule has 0 radical (unpaired) electrons. The minimum atomic E-state index is -0.000196. The molecule has 24 heavy (non-hydrogen) atoms. The van der Waals surface area contributed by atoms with E-state index in [1.807, 2.05) is 24.3 Å². The standard InChI is InChI=1S/C18H20Cl2N2O2/c19-15-6-5-13(17(20)9-15)11-22-7-1-3-14(12-22)18(23)21-10-16-4-2-8-24-16/h2,4-6,8-9,14H,1,3,7,10-12H2,(H,21,23). The number of benzene rings is 1. The lowest BCUT2D eigenvalue weighted by molar-refractivity contribution is -0.127. The SMILES string of the molecule is O=C(NCc1ccco1)C1CCCN(Cc2ccc(Cl)cc2Cl)C1. The van der Waals surface area contributed by atoms with Gasteiger partial charge in [0, 0.05) is 23.1 Å². The number of furan rings is 1. The first-order valence-electron chi connectivity index (χ1n) is 8.08. The number of nitrogens with one attached hydrogen (secondary N) is 1. The number of hydrogen-bond acceptors (Lipinski definition) is 3. The van der Waals surface area contributed by atoms with Gasteiger partial charge in [0.15, 0.2) is 0 Å². The largest absolute Gasteiger partial charge is 0.467 e. The van der Waals surface area contributed by atoms with Gasteiger partial charge in [0.2, 0.25) is 5.91 Å². The molecule has 0 saturated carbocycles. The third-order valence-corrected chi connectivity index (χ3v) is 4.89. The van der Waals surface area contributed by atoms with E-state index < -0.39 is 0 Å². The molecule has 1 amide bonds. The second-order valence-corrected chi connectivity index (χ2v) is 6.95. The van der Waals surface area contributed by atoms with Gasteiger partial charge in [-0.1, -0.05) is 29.3 Å². The van der Waals surface area contributed by atoms with Gasteiger partial charge in [0.1, 0.15) is 5.76 Å². The molecule has 1 aliphatic heterocycles. The molecule has 6 heteroatoms. The Bertz CT molecular complexity index is 688. The molecule has 0 aliphatic carbocycles. The van der Waals surface area contributed by atoms with Crippen LogP contribution >= 0.6 is 23.2 Å². The maximum atomic E-state index is 12.4. The van der Waals surface area contributed by atoms with Crippen molar-refractivity contribution in [2.45, 2.75) is 25.9 Å². The maximum absolute atomic E-state index is 12.4. The Balaban J connectivity index is 1.54. The first-order valence-corrected chi connectivity index (χ1v) is 8.84. The smallest absolute Gasteiger partial charge is 0.224 e. The van der Waals surface area contributed by atoms with E-state index in [0.717, 1.165) is 43.8 Å². The van der Waals surface area contributed by atoms with Crippen molar-refractivity contribution in [1.29, 1.82) is 0 Å². The quantitative estimate of drug-likeness (QED) is 0.865. The zero-order chi connectivity index (χ0) is 16.9. The average molecular weight is 367 g/mol. The number of rotatable bonds is 5. The Labute approximate surface area is 151 Å².